The molecule has 0 aliphatic carbocycles. The molecule has 3 rings (SSSR count). The van der Waals surface area contributed by atoms with Gasteiger partial charge in [-0.25, -0.2) is 9.78 Å². The first-order valence-electron chi connectivity index (χ1n) is 6.64. The maximum Gasteiger partial charge on any atom is 0.368 e. The average molecular weight is 371 g/mol. The van der Waals surface area contributed by atoms with E-state index in [1.165, 1.54) is 18.4 Å². The number of alkyl halides is 2. The van der Waals surface area contributed by atoms with Crippen LogP contribution in [0.4, 0.5) is 8.78 Å². The van der Waals surface area contributed by atoms with Gasteiger partial charge >= 0.3 is 5.69 Å². The Morgan fingerprint density at radius 2 is 2.21 bits per heavy atom. The van der Waals surface area contributed by atoms with Crippen molar-refractivity contribution in [1.82, 2.24) is 24.8 Å². The van der Waals surface area contributed by atoms with Gasteiger partial charge in [-0.15, -0.1) is 0 Å². The monoisotopic (exact) mass is 371 g/mol. The molecule has 0 fully saturated rings. The summed E-state index contributed by atoms with van der Waals surface area (Å²) in [6.45, 7) is -0.0260. The Hall–Kier alpha value is -2.27. The van der Waals surface area contributed by atoms with Crippen molar-refractivity contribution in [1.29, 1.82) is 0 Å². The summed E-state index contributed by atoms with van der Waals surface area (Å²) < 4.78 is 33.3. The Kier molecular flexibility index (Phi) is 4.90. The van der Waals surface area contributed by atoms with Crippen molar-refractivity contribution in [2.75, 3.05) is 0 Å². The summed E-state index contributed by atoms with van der Waals surface area (Å²) in [5.41, 5.74) is 0.278. The predicted molar refractivity (Wildman–Crippen MR) is 84.9 cm³/mol. The number of nitrogens with zero attached hydrogens (tertiary/aromatic N) is 5. The van der Waals surface area contributed by atoms with E-state index in [4.69, 9.17) is 4.74 Å². The summed E-state index contributed by atoms with van der Waals surface area (Å²) in [5.74, 6) is -2.60. The van der Waals surface area contributed by atoms with Gasteiger partial charge in [0, 0.05) is 29.1 Å². The number of aryl methyl sites for hydroxylation is 1. The molecule has 126 valence electrons. The summed E-state index contributed by atoms with van der Waals surface area (Å²) in [6.07, 6.45) is 1.58. The molecule has 0 saturated heterocycles. The van der Waals surface area contributed by atoms with E-state index in [1.54, 1.807) is 29.8 Å². The van der Waals surface area contributed by atoms with Crippen molar-refractivity contribution < 1.29 is 13.5 Å². The van der Waals surface area contributed by atoms with Gasteiger partial charge in [0.05, 0.1) is 5.69 Å². The molecule has 7 nitrogen and oxygen atoms in total. The van der Waals surface area contributed by atoms with E-state index < -0.39 is 11.4 Å². The number of benzene rings is 1. The van der Waals surface area contributed by atoms with Crippen molar-refractivity contribution in [2.24, 2.45) is 7.05 Å². The minimum absolute atomic E-state index is 0.0260. The molecule has 3 aromatic rings. The lowest BCUT2D eigenvalue weighted by Crippen LogP contribution is -2.23. The lowest BCUT2D eigenvalue weighted by molar-refractivity contribution is 0.251. The van der Waals surface area contributed by atoms with Crippen LogP contribution < -0.4 is 10.4 Å². The lowest BCUT2D eigenvalue weighted by atomic mass is 10.2. The van der Waals surface area contributed by atoms with Crippen LogP contribution in [-0.2, 0) is 13.7 Å². The molecule has 11 heteroatoms. The van der Waals surface area contributed by atoms with Crippen molar-refractivity contribution in [3.63, 3.8) is 0 Å². The number of rotatable bonds is 6. The molecule has 0 N–H and O–H groups in total. The smallest absolute Gasteiger partial charge is 0.368 e. The fraction of sp³-hybridized carbons (Fsp3) is 0.231. The molecule has 0 radical (unpaired) electrons. The number of tetrazole rings is 1. The second-order valence-corrected chi connectivity index (χ2v) is 6.40. The molecule has 0 aliphatic heterocycles. The fourth-order valence-electron chi connectivity index (χ4n) is 1.98. The van der Waals surface area contributed by atoms with Crippen LogP contribution in [-0.4, -0.2) is 30.5 Å². The highest BCUT2D eigenvalue weighted by Gasteiger charge is 2.18. The van der Waals surface area contributed by atoms with E-state index in [9.17, 15) is 13.6 Å². The van der Waals surface area contributed by atoms with Crippen LogP contribution in [0.5, 0.6) is 5.19 Å². The fourth-order valence-corrected chi connectivity index (χ4v) is 3.13. The van der Waals surface area contributed by atoms with Gasteiger partial charge in [-0.05, 0) is 22.6 Å². The number of thioether (sulfide) groups is 1. The van der Waals surface area contributed by atoms with Crippen LogP contribution in [0.25, 0.3) is 5.69 Å². The van der Waals surface area contributed by atoms with Gasteiger partial charge in [-0.1, -0.05) is 29.2 Å². The molecule has 0 aliphatic rings. The lowest BCUT2D eigenvalue weighted by Gasteiger charge is -2.13. The van der Waals surface area contributed by atoms with Crippen molar-refractivity contribution in [2.45, 2.75) is 17.3 Å². The third kappa shape index (κ3) is 3.46. The maximum absolute atomic E-state index is 12.8. The van der Waals surface area contributed by atoms with Gasteiger partial charge in [-0.3, -0.25) is 0 Å². The highest BCUT2D eigenvalue weighted by molar-refractivity contribution is 7.99. The molecule has 24 heavy (non-hydrogen) atoms. The molecular weight excluding hydrogens is 360 g/mol. The Morgan fingerprint density at radius 3 is 2.83 bits per heavy atom. The first kappa shape index (κ1) is 16.6. The molecule has 0 bridgehead atoms. The Labute approximate surface area is 142 Å². The van der Waals surface area contributed by atoms with Crippen molar-refractivity contribution in [3.8, 4) is 10.9 Å². The Bertz CT molecular complexity index is 879. The quantitative estimate of drug-likeness (QED) is 0.619. The second kappa shape index (κ2) is 7.09. The van der Waals surface area contributed by atoms with E-state index in [0.29, 0.717) is 33.1 Å². The first-order chi connectivity index (χ1) is 11.6. The number of ether oxygens (including phenoxy) is 1. The highest BCUT2D eigenvalue weighted by atomic mass is 32.2. The zero-order chi connectivity index (χ0) is 17.1. The summed E-state index contributed by atoms with van der Waals surface area (Å²) in [7, 11) is 1.45. The van der Waals surface area contributed by atoms with Gasteiger partial charge in [0.15, 0.2) is 0 Å². The van der Waals surface area contributed by atoms with Gasteiger partial charge in [0.25, 0.3) is 11.0 Å². The summed E-state index contributed by atoms with van der Waals surface area (Å²) in [4.78, 5) is 16.4. The van der Waals surface area contributed by atoms with Crippen LogP contribution >= 0.6 is 23.1 Å². The summed E-state index contributed by atoms with van der Waals surface area (Å²) in [5, 5.41) is 9.55. The van der Waals surface area contributed by atoms with Crippen LogP contribution in [0.15, 0.2) is 39.5 Å². The van der Waals surface area contributed by atoms with E-state index in [2.05, 4.69) is 15.4 Å². The van der Waals surface area contributed by atoms with Crippen LogP contribution in [0.3, 0.4) is 0 Å². The minimum Gasteiger partial charge on any atom is -0.465 e. The molecule has 1 aromatic carbocycles. The van der Waals surface area contributed by atoms with E-state index >= 15 is 0 Å². The Morgan fingerprint density at radius 1 is 1.38 bits per heavy atom. The SMILES string of the molecule is Cn1nnn(-c2cccc(SC(F)F)c2COc2nccs2)c1=O. The van der Waals surface area contributed by atoms with E-state index in [-0.39, 0.29) is 6.61 Å². The summed E-state index contributed by atoms with van der Waals surface area (Å²) >= 11 is 1.67. The van der Waals surface area contributed by atoms with Crippen LogP contribution in [0, 0.1) is 0 Å². The zero-order valence-corrected chi connectivity index (χ0v) is 13.9. The van der Waals surface area contributed by atoms with E-state index in [1.807, 2.05) is 0 Å². The van der Waals surface area contributed by atoms with Crippen LogP contribution in [0.1, 0.15) is 5.56 Å². The highest BCUT2D eigenvalue weighted by Crippen LogP contribution is 2.32. The molecule has 2 heterocycles. The summed E-state index contributed by atoms with van der Waals surface area (Å²) in [6, 6.07) is 4.72. The largest absolute Gasteiger partial charge is 0.465 e. The number of thiazole rings is 1. The number of aromatic nitrogens is 5. The standard InChI is InChI=1S/C13H11F2N5O2S2/c1-19-13(21)20(18-17-19)9-3-2-4-10(24-11(14)15)8(9)7-22-12-16-5-6-23-12/h2-6,11H,7H2,1H3. The van der Waals surface area contributed by atoms with Crippen LogP contribution in [0.2, 0.25) is 0 Å². The van der Waals surface area contributed by atoms with Gasteiger partial charge in [0.2, 0.25) is 0 Å². The molecular formula is C13H11F2N5O2S2. The third-order valence-corrected chi connectivity index (χ3v) is 4.52. The predicted octanol–water partition coefficient (Wildman–Crippen LogP) is 2.32. The molecule has 0 atom stereocenters. The third-order valence-electron chi connectivity index (χ3n) is 3.02. The Balaban J connectivity index is 2.03. The number of hydrogen-bond acceptors (Lipinski definition) is 7. The molecule has 0 spiro atoms. The second-order valence-electron chi connectivity index (χ2n) is 4.52. The normalized spacial score (nSPS) is 11.2. The zero-order valence-electron chi connectivity index (χ0n) is 12.3. The average Bonchev–Trinajstić information content (AvgIpc) is 3.17. The maximum atomic E-state index is 12.8. The van der Waals surface area contributed by atoms with Crippen molar-refractivity contribution in [3.05, 3.63) is 45.8 Å². The molecule has 0 unspecified atom stereocenters. The minimum atomic E-state index is -2.60. The number of hydrogen-bond donors (Lipinski definition) is 0. The topological polar surface area (TPSA) is 74.8 Å². The molecule has 0 saturated carbocycles. The van der Waals surface area contributed by atoms with E-state index in [0.717, 1.165) is 9.36 Å². The van der Waals surface area contributed by atoms with Crippen molar-refractivity contribution >= 4 is 23.1 Å². The van der Waals surface area contributed by atoms with Gasteiger partial charge in [-0.2, -0.15) is 18.1 Å². The first-order valence-corrected chi connectivity index (χ1v) is 8.40. The molecule has 0 amide bonds. The number of halogens is 2. The van der Waals surface area contributed by atoms with Gasteiger partial charge in [0.1, 0.15) is 6.61 Å². The molecule has 2 aromatic heterocycles. The van der Waals surface area contributed by atoms with Gasteiger partial charge < -0.3 is 4.74 Å².